The first-order valence-corrected chi connectivity index (χ1v) is 7.79. The number of aromatic nitrogens is 3. The number of para-hydroxylation sites is 2. The summed E-state index contributed by atoms with van der Waals surface area (Å²) in [5.41, 5.74) is 4.00. The third-order valence-electron chi connectivity index (χ3n) is 3.74. The number of aryl methyl sites for hydroxylation is 2. The minimum Gasteiger partial charge on any atom is -0.383 e. The molecule has 1 amide bonds. The van der Waals surface area contributed by atoms with E-state index in [9.17, 15) is 4.79 Å². The number of pyridine rings is 1. The first-order valence-electron chi connectivity index (χ1n) is 7.79. The van der Waals surface area contributed by atoms with Crippen LogP contribution in [0.15, 0.2) is 36.4 Å². The topological polar surface area (TPSA) is 69.0 Å². The van der Waals surface area contributed by atoms with Crippen molar-refractivity contribution in [2.75, 3.05) is 19.0 Å². The Kier molecular flexibility index (Phi) is 4.57. The highest BCUT2D eigenvalue weighted by molar-refractivity contribution is 6.04. The summed E-state index contributed by atoms with van der Waals surface area (Å²) >= 11 is 0. The summed E-state index contributed by atoms with van der Waals surface area (Å²) in [6.07, 6.45) is 0. The highest BCUT2D eigenvalue weighted by Gasteiger charge is 2.14. The summed E-state index contributed by atoms with van der Waals surface area (Å²) in [6.45, 7) is 4.90. The monoisotopic (exact) mass is 324 g/mol. The smallest absolute Gasteiger partial charge is 0.258 e. The quantitative estimate of drug-likeness (QED) is 0.783. The molecule has 3 aromatic rings. The summed E-state index contributed by atoms with van der Waals surface area (Å²) in [6, 6.07) is 11.3. The molecule has 0 radical (unpaired) electrons. The van der Waals surface area contributed by atoms with E-state index in [0.717, 1.165) is 22.4 Å². The number of carbonyl (C=O) groups is 1. The lowest BCUT2D eigenvalue weighted by molar-refractivity contribution is 0.102. The fraction of sp³-hybridized carbons (Fsp3) is 0.278. The lowest BCUT2D eigenvalue weighted by Gasteiger charge is -2.10. The molecule has 0 unspecified atom stereocenters. The molecular formula is C18H20N4O2. The summed E-state index contributed by atoms with van der Waals surface area (Å²) in [7, 11) is 1.65. The van der Waals surface area contributed by atoms with Gasteiger partial charge in [-0.2, -0.15) is 0 Å². The average Bonchev–Trinajstić information content (AvgIpc) is 2.89. The van der Waals surface area contributed by atoms with Crippen LogP contribution in [-0.2, 0) is 11.3 Å². The van der Waals surface area contributed by atoms with Gasteiger partial charge in [-0.3, -0.25) is 15.1 Å². The molecule has 124 valence electrons. The van der Waals surface area contributed by atoms with Crippen LogP contribution in [0.1, 0.15) is 21.7 Å². The highest BCUT2D eigenvalue weighted by Crippen LogP contribution is 2.20. The van der Waals surface area contributed by atoms with E-state index in [1.807, 2.05) is 42.7 Å². The molecule has 3 rings (SSSR count). The van der Waals surface area contributed by atoms with Crippen molar-refractivity contribution >= 4 is 22.9 Å². The van der Waals surface area contributed by atoms with Gasteiger partial charge in [-0.1, -0.05) is 12.1 Å². The third-order valence-corrected chi connectivity index (χ3v) is 3.74. The van der Waals surface area contributed by atoms with Gasteiger partial charge in [-0.05, 0) is 38.1 Å². The number of amides is 1. The SMILES string of the molecule is COCCn1c(NC(=O)c2cc(C)nc(C)c2)nc2ccccc21. The fourth-order valence-electron chi connectivity index (χ4n) is 2.72. The zero-order valence-electron chi connectivity index (χ0n) is 14.0. The van der Waals surface area contributed by atoms with Gasteiger partial charge in [0.05, 0.1) is 17.6 Å². The Labute approximate surface area is 140 Å². The number of nitrogens with zero attached hydrogens (tertiary/aromatic N) is 3. The molecule has 0 atom stereocenters. The van der Waals surface area contributed by atoms with Crippen LogP contribution >= 0.6 is 0 Å². The van der Waals surface area contributed by atoms with Crippen LogP contribution in [0.4, 0.5) is 5.95 Å². The van der Waals surface area contributed by atoms with E-state index in [1.165, 1.54) is 0 Å². The Morgan fingerprint density at radius 2 is 1.88 bits per heavy atom. The number of benzene rings is 1. The van der Waals surface area contributed by atoms with Gasteiger partial charge in [-0.25, -0.2) is 4.98 Å². The first-order chi connectivity index (χ1) is 11.6. The number of anilines is 1. The molecule has 6 heteroatoms. The van der Waals surface area contributed by atoms with Gasteiger partial charge in [0.15, 0.2) is 0 Å². The second kappa shape index (κ2) is 6.80. The van der Waals surface area contributed by atoms with E-state index >= 15 is 0 Å². The van der Waals surface area contributed by atoms with Gasteiger partial charge in [0, 0.05) is 30.6 Å². The third kappa shape index (κ3) is 3.28. The van der Waals surface area contributed by atoms with Gasteiger partial charge >= 0.3 is 0 Å². The minimum absolute atomic E-state index is 0.197. The Morgan fingerprint density at radius 3 is 2.58 bits per heavy atom. The molecule has 0 spiro atoms. The average molecular weight is 324 g/mol. The lowest BCUT2D eigenvalue weighted by Crippen LogP contribution is -2.17. The van der Waals surface area contributed by atoms with Gasteiger partial charge in [-0.15, -0.1) is 0 Å². The van der Waals surface area contributed by atoms with Crippen molar-refractivity contribution in [3.63, 3.8) is 0 Å². The molecule has 0 saturated carbocycles. The molecule has 24 heavy (non-hydrogen) atoms. The Bertz CT molecular complexity index is 866. The van der Waals surface area contributed by atoms with Crippen molar-refractivity contribution in [1.82, 2.24) is 14.5 Å². The number of fused-ring (bicyclic) bond motifs is 1. The summed E-state index contributed by atoms with van der Waals surface area (Å²) in [5.74, 6) is 0.322. The van der Waals surface area contributed by atoms with Crippen molar-refractivity contribution in [2.45, 2.75) is 20.4 Å². The Hall–Kier alpha value is -2.73. The molecule has 1 N–H and O–H groups in total. The molecule has 0 aliphatic rings. The molecule has 0 bridgehead atoms. The van der Waals surface area contributed by atoms with Crippen LogP contribution in [-0.4, -0.2) is 34.2 Å². The number of hydrogen-bond donors (Lipinski definition) is 1. The van der Waals surface area contributed by atoms with Crippen LogP contribution in [0, 0.1) is 13.8 Å². The molecule has 0 fully saturated rings. The second-order valence-electron chi connectivity index (χ2n) is 5.66. The maximum absolute atomic E-state index is 12.6. The van der Waals surface area contributed by atoms with Crippen LogP contribution in [0.5, 0.6) is 0 Å². The number of rotatable bonds is 5. The summed E-state index contributed by atoms with van der Waals surface area (Å²) in [4.78, 5) is 21.4. The van der Waals surface area contributed by atoms with Crippen molar-refractivity contribution in [3.05, 3.63) is 53.3 Å². The second-order valence-corrected chi connectivity index (χ2v) is 5.66. The summed E-state index contributed by atoms with van der Waals surface area (Å²) in [5, 5.41) is 2.91. The van der Waals surface area contributed by atoms with E-state index in [1.54, 1.807) is 19.2 Å². The normalized spacial score (nSPS) is 11.0. The summed E-state index contributed by atoms with van der Waals surface area (Å²) < 4.78 is 7.13. The van der Waals surface area contributed by atoms with E-state index < -0.39 is 0 Å². The molecule has 2 aromatic heterocycles. The molecule has 1 aromatic carbocycles. The Morgan fingerprint density at radius 1 is 1.17 bits per heavy atom. The number of ether oxygens (including phenoxy) is 1. The minimum atomic E-state index is -0.197. The predicted octanol–water partition coefficient (Wildman–Crippen LogP) is 2.95. The van der Waals surface area contributed by atoms with E-state index in [-0.39, 0.29) is 5.91 Å². The molecule has 0 aliphatic carbocycles. The molecule has 0 aliphatic heterocycles. The zero-order chi connectivity index (χ0) is 17.1. The Balaban J connectivity index is 1.95. The van der Waals surface area contributed by atoms with Crippen molar-refractivity contribution < 1.29 is 9.53 Å². The van der Waals surface area contributed by atoms with Crippen LogP contribution in [0.25, 0.3) is 11.0 Å². The number of carbonyl (C=O) groups excluding carboxylic acids is 1. The van der Waals surface area contributed by atoms with Crippen LogP contribution in [0.3, 0.4) is 0 Å². The largest absolute Gasteiger partial charge is 0.383 e. The maximum Gasteiger partial charge on any atom is 0.258 e. The van der Waals surface area contributed by atoms with Crippen molar-refractivity contribution in [1.29, 1.82) is 0 Å². The van der Waals surface area contributed by atoms with Gasteiger partial charge in [0.2, 0.25) is 5.95 Å². The van der Waals surface area contributed by atoms with E-state index in [0.29, 0.717) is 24.7 Å². The predicted molar refractivity (Wildman–Crippen MR) is 93.3 cm³/mol. The molecular weight excluding hydrogens is 304 g/mol. The molecule has 2 heterocycles. The number of imidazole rings is 1. The van der Waals surface area contributed by atoms with Crippen LogP contribution < -0.4 is 5.32 Å². The molecule has 6 nitrogen and oxygen atoms in total. The van der Waals surface area contributed by atoms with Gasteiger partial charge in [0.25, 0.3) is 5.91 Å². The lowest BCUT2D eigenvalue weighted by atomic mass is 10.2. The highest BCUT2D eigenvalue weighted by atomic mass is 16.5. The van der Waals surface area contributed by atoms with E-state index in [4.69, 9.17) is 4.74 Å². The van der Waals surface area contributed by atoms with Crippen molar-refractivity contribution in [2.24, 2.45) is 0 Å². The standard InChI is InChI=1S/C18H20N4O2/c1-12-10-14(11-13(2)19-12)17(23)21-18-20-15-6-4-5-7-16(15)22(18)8-9-24-3/h4-7,10-11H,8-9H2,1-3H3,(H,20,21,23). The van der Waals surface area contributed by atoms with Crippen LogP contribution in [0.2, 0.25) is 0 Å². The van der Waals surface area contributed by atoms with E-state index in [2.05, 4.69) is 15.3 Å². The van der Waals surface area contributed by atoms with Gasteiger partial charge in [0.1, 0.15) is 0 Å². The number of hydrogen-bond acceptors (Lipinski definition) is 4. The zero-order valence-corrected chi connectivity index (χ0v) is 14.0. The maximum atomic E-state index is 12.6. The molecule has 0 saturated heterocycles. The van der Waals surface area contributed by atoms with Crippen molar-refractivity contribution in [3.8, 4) is 0 Å². The fourth-order valence-corrected chi connectivity index (χ4v) is 2.72. The number of nitrogens with one attached hydrogen (secondary N) is 1. The number of methoxy groups -OCH3 is 1. The first kappa shape index (κ1) is 16.1. The van der Waals surface area contributed by atoms with Gasteiger partial charge < -0.3 is 9.30 Å².